The zero-order valence-corrected chi connectivity index (χ0v) is 9.44. The monoisotopic (exact) mass is 259 g/mol. The number of hydrogen-bond donors (Lipinski definition) is 1. The van der Waals surface area contributed by atoms with Crippen molar-refractivity contribution in [2.75, 3.05) is 11.5 Å². The van der Waals surface area contributed by atoms with Crippen LogP contribution < -0.4 is 5.73 Å². The fourth-order valence-electron chi connectivity index (χ4n) is 1.33. The third kappa shape index (κ3) is 1.96. The Morgan fingerprint density at radius 3 is 3.08 bits per heavy atom. The highest BCUT2D eigenvalue weighted by molar-refractivity contribution is 9.10. The summed E-state index contributed by atoms with van der Waals surface area (Å²) in [5.41, 5.74) is 5.68. The van der Waals surface area contributed by atoms with E-state index in [0.29, 0.717) is 11.1 Å². The zero-order valence-electron chi connectivity index (χ0n) is 7.03. The summed E-state index contributed by atoms with van der Waals surface area (Å²) in [5.74, 6) is 2.63. The molecule has 1 saturated heterocycles. The van der Waals surface area contributed by atoms with Gasteiger partial charge in [0, 0.05) is 6.20 Å². The van der Waals surface area contributed by atoms with Gasteiger partial charge >= 0.3 is 0 Å². The zero-order chi connectivity index (χ0) is 9.26. The lowest BCUT2D eigenvalue weighted by atomic mass is 10.2. The summed E-state index contributed by atoms with van der Waals surface area (Å²) in [6.07, 6.45) is 4.16. The quantitative estimate of drug-likeness (QED) is 0.842. The van der Waals surface area contributed by atoms with Crippen molar-refractivity contribution in [1.82, 2.24) is 9.97 Å². The lowest BCUT2D eigenvalue weighted by Gasteiger charge is -2.07. The van der Waals surface area contributed by atoms with E-state index in [1.54, 1.807) is 6.20 Å². The average Bonchev–Trinajstić information content (AvgIpc) is 2.62. The van der Waals surface area contributed by atoms with Gasteiger partial charge in [0.2, 0.25) is 0 Å². The van der Waals surface area contributed by atoms with Gasteiger partial charge in [0.25, 0.3) is 0 Å². The lowest BCUT2D eigenvalue weighted by Crippen LogP contribution is -2.01. The highest BCUT2D eigenvalue weighted by atomic mass is 79.9. The van der Waals surface area contributed by atoms with Crippen LogP contribution in [0, 0.1) is 0 Å². The molecule has 2 N–H and O–H groups in total. The summed E-state index contributed by atoms with van der Waals surface area (Å²) in [5, 5.41) is 0.454. The second kappa shape index (κ2) is 3.84. The first-order chi connectivity index (χ1) is 6.27. The molecule has 1 aliphatic rings. The van der Waals surface area contributed by atoms with E-state index in [2.05, 4.69) is 25.9 Å². The molecule has 1 atom stereocenters. The van der Waals surface area contributed by atoms with Gasteiger partial charge in [-0.1, -0.05) is 0 Å². The van der Waals surface area contributed by atoms with Gasteiger partial charge in [-0.15, -0.1) is 0 Å². The first-order valence-electron chi connectivity index (χ1n) is 4.17. The Hall–Kier alpha value is -0.290. The van der Waals surface area contributed by atoms with Gasteiger partial charge in [0.05, 0.1) is 9.72 Å². The first-order valence-corrected chi connectivity index (χ1v) is 6.01. The molecule has 1 aromatic heterocycles. The van der Waals surface area contributed by atoms with Gasteiger partial charge in [-0.25, -0.2) is 9.97 Å². The molecule has 2 rings (SSSR count). The molecule has 0 bridgehead atoms. The number of nitrogen functional groups attached to an aromatic ring is 1. The van der Waals surface area contributed by atoms with Crippen LogP contribution in [0.5, 0.6) is 0 Å². The molecule has 3 nitrogen and oxygen atoms in total. The van der Waals surface area contributed by atoms with Gasteiger partial charge in [-0.3, -0.25) is 0 Å². The van der Waals surface area contributed by atoms with Crippen molar-refractivity contribution in [3.63, 3.8) is 0 Å². The van der Waals surface area contributed by atoms with E-state index in [1.807, 2.05) is 11.8 Å². The summed E-state index contributed by atoms with van der Waals surface area (Å²) in [4.78, 5) is 8.52. The SMILES string of the molecule is Nc1nc(C2CCCS2)ncc1Br. The highest BCUT2D eigenvalue weighted by Gasteiger charge is 2.20. The maximum absolute atomic E-state index is 5.68. The highest BCUT2D eigenvalue weighted by Crippen LogP contribution is 2.38. The van der Waals surface area contributed by atoms with E-state index >= 15 is 0 Å². The second-order valence-electron chi connectivity index (χ2n) is 2.96. The van der Waals surface area contributed by atoms with Crippen molar-refractivity contribution in [3.8, 4) is 0 Å². The van der Waals surface area contributed by atoms with Crippen LogP contribution in [0.3, 0.4) is 0 Å². The maximum Gasteiger partial charge on any atom is 0.143 e. The molecule has 0 saturated carbocycles. The van der Waals surface area contributed by atoms with E-state index in [1.165, 1.54) is 18.6 Å². The summed E-state index contributed by atoms with van der Waals surface area (Å²) < 4.78 is 0.777. The fraction of sp³-hybridized carbons (Fsp3) is 0.500. The minimum Gasteiger partial charge on any atom is -0.383 e. The number of nitrogens with two attached hydrogens (primary N) is 1. The van der Waals surface area contributed by atoms with Gasteiger partial charge in [-0.2, -0.15) is 11.8 Å². The standard InChI is InChI=1S/C8H10BrN3S/c9-5-4-11-8(12-7(5)10)6-2-1-3-13-6/h4,6H,1-3H2,(H2,10,11,12). The Labute approximate surface area is 89.7 Å². The first kappa shape index (κ1) is 9.27. The van der Waals surface area contributed by atoms with Gasteiger partial charge in [-0.05, 0) is 34.5 Å². The number of rotatable bonds is 1. The van der Waals surface area contributed by atoms with E-state index in [0.717, 1.165) is 10.3 Å². The van der Waals surface area contributed by atoms with Crippen LogP contribution in [0.4, 0.5) is 5.82 Å². The number of halogens is 1. The molecule has 5 heteroatoms. The smallest absolute Gasteiger partial charge is 0.143 e. The Morgan fingerprint density at radius 2 is 2.46 bits per heavy atom. The molecule has 0 aliphatic carbocycles. The van der Waals surface area contributed by atoms with Crippen molar-refractivity contribution < 1.29 is 0 Å². The van der Waals surface area contributed by atoms with E-state index in [-0.39, 0.29) is 0 Å². The normalized spacial score (nSPS) is 22.1. The average molecular weight is 260 g/mol. The molecule has 70 valence electrons. The molecule has 0 aromatic carbocycles. The summed E-state index contributed by atoms with van der Waals surface area (Å²) in [7, 11) is 0. The molecular weight excluding hydrogens is 250 g/mol. The molecule has 1 unspecified atom stereocenters. The molecule has 1 aromatic rings. The van der Waals surface area contributed by atoms with E-state index in [4.69, 9.17) is 5.73 Å². The minimum atomic E-state index is 0.454. The predicted molar refractivity (Wildman–Crippen MR) is 58.6 cm³/mol. The molecule has 1 fully saturated rings. The van der Waals surface area contributed by atoms with E-state index < -0.39 is 0 Å². The predicted octanol–water partition coefficient (Wildman–Crippen LogP) is 2.39. The number of anilines is 1. The fourth-order valence-corrected chi connectivity index (χ4v) is 2.74. The Kier molecular flexibility index (Phi) is 2.74. The van der Waals surface area contributed by atoms with Crippen molar-refractivity contribution in [1.29, 1.82) is 0 Å². The summed E-state index contributed by atoms with van der Waals surface area (Å²) in [6, 6.07) is 0. The lowest BCUT2D eigenvalue weighted by molar-refractivity contribution is 0.777. The molecule has 0 radical (unpaired) electrons. The van der Waals surface area contributed by atoms with Crippen molar-refractivity contribution in [2.45, 2.75) is 18.1 Å². The topological polar surface area (TPSA) is 51.8 Å². The maximum atomic E-state index is 5.68. The van der Waals surface area contributed by atoms with Crippen LogP contribution in [-0.4, -0.2) is 15.7 Å². The van der Waals surface area contributed by atoms with Crippen LogP contribution in [-0.2, 0) is 0 Å². The third-order valence-corrected chi connectivity index (χ3v) is 3.99. The molecule has 13 heavy (non-hydrogen) atoms. The number of nitrogens with zero attached hydrogens (tertiary/aromatic N) is 2. The molecule has 1 aliphatic heterocycles. The molecule has 0 spiro atoms. The summed E-state index contributed by atoms with van der Waals surface area (Å²) >= 11 is 5.20. The minimum absolute atomic E-state index is 0.454. The van der Waals surface area contributed by atoms with Gasteiger partial charge < -0.3 is 5.73 Å². The van der Waals surface area contributed by atoms with Crippen LogP contribution in [0.25, 0.3) is 0 Å². The summed E-state index contributed by atoms with van der Waals surface area (Å²) in [6.45, 7) is 0. The number of aromatic nitrogens is 2. The van der Waals surface area contributed by atoms with Crippen LogP contribution in [0.15, 0.2) is 10.7 Å². The van der Waals surface area contributed by atoms with Gasteiger partial charge in [0.15, 0.2) is 0 Å². The van der Waals surface area contributed by atoms with Crippen molar-refractivity contribution >= 4 is 33.5 Å². The Morgan fingerprint density at radius 1 is 1.62 bits per heavy atom. The van der Waals surface area contributed by atoms with Crippen molar-refractivity contribution in [2.24, 2.45) is 0 Å². The molecule has 2 heterocycles. The largest absolute Gasteiger partial charge is 0.383 e. The second-order valence-corrected chi connectivity index (χ2v) is 5.13. The molecular formula is C8H10BrN3S. The van der Waals surface area contributed by atoms with Crippen LogP contribution >= 0.6 is 27.7 Å². The van der Waals surface area contributed by atoms with Crippen LogP contribution in [0.1, 0.15) is 23.9 Å². The Balaban J connectivity index is 2.25. The number of hydrogen-bond acceptors (Lipinski definition) is 4. The number of thioether (sulfide) groups is 1. The van der Waals surface area contributed by atoms with Crippen LogP contribution in [0.2, 0.25) is 0 Å². The van der Waals surface area contributed by atoms with E-state index in [9.17, 15) is 0 Å². The third-order valence-electron chi connectivity index (χ3n) is 2.01. The van der Waals surface area contributed by atoms with Crippen molar-refractivity contribution in [3.05, 3.63) is 16.5 Å². The van der Waals surface area contributed by atoms with Gasteiger partial charge in [0.1, 0.15) is 11.6 Å². The molecule has 0 amide bonds. The Bertz CT molecular complexity index is 312.